The first-order valence-electron chi connectivity index (χ1n) is 11.3. The summed E-state index contributed by atoms with van der Waals surface area (Å²) < 4.78 is 0.0435. The Morgan fingerprint density at radius 3 is 1.44 bits per heavy atom. The van der Waals surface area contributed by atoms with Crippen molar-refractivity contribution in [1.29, 1.82) is 0 Å². The quantitative estimate of drug-likeness (QED) is 0.378. The van der Waals surface area contributed by atoms with E-state index in [4.69, 9.17) is 0 Å². The Bertz CT molecular complexity index is 684. The number of likely N-dealkylation sites (tertiary alicyclic amines) is 1. The van der Waals surface area contributed by atoms with E-state index in [0.29, 0.717) is 12.8 Å². The van der Waals surface area contributed by atoms with Crippen LogP contribution in [-0.2, 0) is 19.2 Å². The Morgan fingerprint density at radius 1 is 0.688 bits per heavy atom. The van der Waals surface area contributed by atoms with Gasteiger partial charge in [-0.25, -0.2) is 0 Å². The molecular formula is C25H43NO4S2. The number of imide groups is 1. The standard InChI is InChI=1S/C13H22O2S.C12H21NO2S/c1-12(2,3)10-8(14)7-9(11(10)15)16-13(4,5)6;1-11(2,3)13-9(14)7-8(10(13)15)16-12(4,5)6/h9-10H,7H2,1-6H3;8H,7H2,1-6H3. The van der Waals surface area contributed by atoms with Crippen molar-refractivity contribution in [3.05, 3.63) is 0 Å². The maximum Gasteiger partial charge on any atom is 0.243 e. The third-order valence-corrected chi connectivity index (χ3v) is 7.69. The minimum Gasteiger partial charge on any atom is -0.299 e. The van der Waals surface area contributed by atoms with Gasteiger partial charge in [0.15, 0.2) is 5.78 Å². The van der Waals surface area contributed by atoms with E-state index >= 15 is 0 Å². The highest BCUT2D eigenvalue weighted by molar-refractivity contribution is 8.02. The highest BCUT2D eigenvalue weighted by Gasteiger charge is 2.48. The van der Waals surface area contributed by atoms with Crippen LogP contribution in [0.4, 0.5) is 0 Å². The molecule has 1 aliphatic carbocycles. The summed E-state index contributed by atoms with van der Waals surface area (Å²) in [6, 6.07) is 0. The van der Waals surface area contributed by atoms with Crippen LogP contribution >= 0.6 is 23.5 Å². The maximum absolute atomic E-state index is 12.2. The van der Waals surface area contributed by atoms with Gasteiger partial charge in [-0.3, -0.25) is 24.1 Å². The van der Waals surface area contributed by atoms with Crippen molar-refractivity contribution in [2.75, 3.05) is 0 Å². The minimum atomic E-state index is -0.401. The number of amides is 2. The van der Waals surface area contributed by atoms with Gasteiger partial charge in [-0.2, -0.15) is 0 Å². The van der Waals surface area contributed by atoms with Crippen molar-refractivity contribution >= 4 is 46.9 Å². The first-order chi connectivity index (χ1) is 14.0. The lowest BCUT2D eigenvalue weighted by Gasteiger charge is -2.30. The van der Waals surface area contributed by atoms with Gasteiger partial charge in [0, 0.05) is 27.9 Å². The van der Waals surface area contributed by atoms with Crippen LogP contribution in [-0.4, -0.2) is 53.8 Å². The minimum absolute atomic E-state index is 0.00843. The molecule has 0 bridgehead atoms. The molecule has 1 saturated carbocycles. The number of ketones is 2. The molecule has 1 saturated heterocycles. The fourth-order valence-electron chi connectivity index (χ4n) is 4.01. The SMILES string of the molecule is CC(C)(C)SC1CC(=O)C(C(C)(C)C)C1=O.CC(C)(C)SC1CC(=O)N(C(C)(C)C)C1=O. The molecule has 184 valence electrons. The van der Waals surface area contributed by atoms with Crippen LogP contribution in [0, 0.1) is 11.3 Å². The fourth-order valence-corrected chi connectivity index (χ4v) is 6.65. The second-order valence-electron chi connectivity index (χ2n) is 12.8. The zero-order valence-electron chi connectivity index (χ0n) is 22.0. The Morgan fingerprint density at radius 2 is 1.12 bits per heavy atom. The van der Waals surface area contributed by atoms with Crippen LogP contribution < -0.4 is 0 Å². The largest absolute Gasteiger partial charge is 0.299 e. The average Bonchev–Trinajstić information content (AvgIpc) is 2.91. The lowest BCUT2D eigenvalue weighted by atomic mass is 9.79. The summed E-state index contributed by atoms with van der Waals surface area (Å²) in [5.74, 6) is -0.208. The van der Waals surface area contributed by atoms with Gasteiger partial charge in [-0.15, -0.1) is 23.5 Å². The molecule has 7 heteroatoms. The van der Waals surface area contributed by atoms with Gasteiger partial charge in [0.05, 0.1) is 16.4 Å². The Balaban J connectivity index is 0.000000320. The van der Waals surface area contributed by atoms with E-state index in [1.807, 2.05) is 41.5 Å². The molecule has 0 N–H and O–H groups in total. The molecular weight excluding hydrogens is 442 g/mol. The van der Waals surface area contributed by atoms with Gasteiger partial charge < -0.3 is 0 Å². The van der Waals surface area contributed by atoms with Crippen LogP contribution in [0.1, 0.15) is 95.9 Å². The molecule has 2 aliphatic rings. The molecule has 2 fully saturated rings. The monoisotopic (exact) mass is 485 g/mol. The summed E-state index contributed by atoms with van der Waals surface area (Å²) in [5.41, 5.74) is -0.636. The van der Waals surface area contributed by atoms with Crippen LogP contribution in [0.3, 0.4) is 0 Å². The molecule has 1 aliphatic heterocycles. The van der Waals surface area contributed by atoms with Crippen molar-refractivity contribution < 1.29 is 19.2 Å². The van der Waals surface area contributed by atoms with E-state index in [0.717, 1.165) is 0 Å². The van der Waals surface area contributed by atoms with Crippen LogP contribution in [0.15, 0.2) is 0 Å². The highest BCUT2D eigenvalue weighted by Crippen LogP contribution is 2.42. The van der Waals surface area contributed by atoms with E-state index in [1.54, 1.807) is 23.5 Å². The van der Waals surface area contributed by atoms with Crippen LogP contribution in [0.25, 0.3) is 0 Å². The number of hydrogen-bond acceptors (Lipinski definition) is 6. The topological polar surface area (TPSA) is 71.5 Å². The predicted octanol–water partition coefficient (Wildman–Crippen LogP) is 5.54. The average molecular weight is 486 g/mol. The van der Waals surface area contributed by atoms with Crippen LogP contribution in [0.5, 0.6) is 0 Å². The zero-order chi connectivity index (χ0) is 25.4. The van der Waals surface area contributed by atoms with Gasteiger partial charge in [-0.05, 0) is 26.2 Å². The van der Waals surface area contributed by atoms with Gasteiger partial charge in [-0.1, -0.05) is 62.3 Å². The summed E-state index contributed by atoms with van der Waals surface area (Å²) >= 11 is 3.21. The first-order valence-corrected chi connectivity index (χ1v) is 13.1. The Hall–Kier alpha value is -0.820. The van der Waals surface area contributed by atoms with Gasteiger partial charge in [0.1, 0.15) is 5.78 Å². The number of thioether (sulfide) groups is 2. The van der Waals surface area contributed by atoms with E-state index in [2.05, 4.69) is 41.5 Å². The van der Waals surface area contributed by atoms with Gasteiger partial charge in [0.25, 0.3) is 0 Å². The molecule has 0 aromatic rings. The Labute approximate surface area is 203 Å². The molecule has 1 heterocycles. The van der Waals surface area contributed by atoms with E-state index < -0.39 is 11.5 Å². The third-order valence-electron chi connectivity index (χ3n) is 4.94. The number of rotatable bonds is 2. The Kier molecular flexibility index (Phi) is 8.96. The number of nitrogens with zero attached hydrogens (tertiary/aromatic N) is 1. The number of carbonyl (C=O) groups excluding carboxylic acids is 4. The summed E-state index contributed by atoms with van der Waals surface area (Å²) in [5, 5.41) is -0.330. The molecule has 2 rings (SSSR count). The molecule has 32 heavy (non-hydrogen) atoms. The van der Waals surface area contributed by atoms with E-state index in [-0.39, 0.29) is 48.8 Å². The summed E-state index contributed by atoms with van der Waals surface area (Å²) in [7, 11) is 0. The normalized spacial score (nSPS) is 25.4. The van der Waals surface area contributed by atoms with Crippen molar-refractivity contribution in [3.8, 4) is 0 Å². The lowest BCUT2D eigenvalue weighted by Crippen LogP contribution is -2.46. The summed E-state index contributed by atoms with van der Waals surface area (Å²) in [4.78, 5) is 49.4. The number of hydrogen-bond donors (Lipinski definition) is 0. The number of Topliss-reactive ketones (excluding diaryl/α,β-unsaturated/α-hetero) is 2. The molecule has 2 amide bonds. The predicted molar refractivity (Wildman–Crippen MR) is 136 cm³/mol. The first kappa shape index (κ1) is 29.2. The highest BCUT2D eigenvalue weighted by atomic mass is 32.2. The smallest absolute Gasteiger partial charge is 0.243 e. The molecule has 0 aromatic heterocycles. The lowest BCUT2D eigenvalue weighted by molar-refractivity contribution is -0.143. The van der Waals surface area contributed by atoms with E-state index in [9.17, 15) is 19.2 Å². The maximum atomic E-state index is 12.2. The second-order valence-corrected chi connectivity index (χ2v) is 16.8. The zero-order valence-corrected chi connectivity index (χ0v) is 23.7. The summed E-state index contributed by atoms with van der Waals surface area (Å²) in [6.45, 7) is 24.0. The van der Waals surface area contributed by atoms with Crippen molar-refractivity contribution in [2.45, 2.75) is 121 Å². The van der Waals surface area contributed by atoms with Crippen molar-refractivity contribution in [2.24, 2.45) is 11.3 Å². The van der Waals surface area contributed by atoms with Gasteiger partial charge in [0.2, 0.25) is 11.8 Å². The molecule has 5 nitrogen and oxygen atoms in total. The molecule has 0 spiro atoms. The van der Waals surface area contributed by atoms with Crippen molar-refractivity contribution in [1.82, 2.24) is 4.90 Å². The molecule has 3 atom stereocenters. The molecule has 0 radical (unpaired) electrons. The number of carbonyl (C=O) groups is 4. The van der Waals surface area contributed by atoms with Gasteiger partial charge >= 0.3 is 0 Å². The summed E-state index contributed by atoms with van der Waals surface area (Å²) in [6.07, 6.45) is 0.765. The molecule has 3 unspecified atom stereocenters. The molecule has 0 aromatic carbocycles. The van der Waals surface area contributed by atoms with E-state index in [1.165, 1.54) is 4.90 Å². The third kappa shape index (κ3) is 8.19. The second kappa shape index (κ2) is 9.81. The fraction of sp³-hybridized carbons (Fsp3) is 0.840. The van der Waals surface area contributed by atoms with Crippen molar-refractivity contribution in [3.63, 3.8) is 0 Å². The van der Waals surface area contributed by atoms with Crippen LogP contribution in [0.2, 0.25) is 0 Å².